The average molecular weight is 370 g/mol. The minimum Gasteiger partial charge on any atom is -0.337 e. The maximum Gasteiger partial charge on any atom is 0.254 e. The second-order valence-electron chi connectivity index (χ2n) is 4.50. The van der Waals surface area contributed by atoms with Crippen molar-refractivity contribution in [3.8, 4) is 0 Å². The zero-order valence-corrected chi connectivity index (χ0v) is 13.6. The van der Waals surface area contributed by atoms with Gasteiger partial charge in [-0.25, -0.2) is 10.8 Å². The Hall–Kier alpha value is -1.63. The molecule has 2 aromatic rings. The summed E-state index contributed by atoms with van der Waals surface area (Å²) in [5.74, 6) is 5.50. The number of hydrogen-bond acceptors (Lipinski definition) is 4. The van der Waals surface area contributed by atoms with Gasteiger partial charge in [0.25, 0.3) is 5.91 Å². The lowest BCUT2D eigenvalue weighted by Crippen LogP contribution is -2.26. The molecule has 0 unspecified atom stereocenters. The average Bonchev–Trinajstić information content (AvgIpc) is 2.48. The molecular weight excluding hydrogens is 356 g/mol. The minimum atomic E-state index is -0.154. The van der Waals surface area contributed by atoms with E-state index >= 15 is 0 Å². The number of pyridine rings is 1. The molecule has 0 aliphatic carbocycles. The molecule has 5 nitrogen and oxygen atoms in total. The molecule has 7 heteroatoms. The number of aromatic nitrogens is 1. The molecule has 2 rings (SSSR count). The van der Waals surface area contributed by atoms with Crippen molar-refractivity contribution in [2.24, 2.45) is 5.84 Å². The van der Waals surface area contributed by atoms with Gasteiger partial charge in [-0.1, -0.05) is 39.7 Å². The Morgan fingerprint density at radius 1 is 1.38 bits per heavy atom. The lowest BCUT2D eigenvalue weighted by Gasteiger charge is -2.18. The summed E-state index contributed by atoms with van der Waals surface area (Å²) in [7, 11) is 1.73. The molecule has 1 amide bonds. The number of rotatable bonds is 4. The van der Waals surface area contributed by atoms with Crippen LogP contribution < -0.4 is 11.3 Å². The summed E-state index contributed by atoms with van der Waals surface area (Å²) in [4.78, 5) is 17.9. The highest BCUT2D eigenvalue weighted by atomic mass is 79.9. The van der Waals surface area contributed by atoms with Crippen molar-refractivity contribution in [1.29, 1.82) is 0 Å². The smallest absolute Gasteiger partial charge is 0.254 e. The van der Waals surface area contributed by atoms with E-state index in [-0.39, 0.29) is 11.1 Å². The topological polar surface area (TPSA) is 71.2 Å². The molecule has 3 N–H and O–H groups in total. The quantitative estimate of drug-likeness (QED) is 0.494. The number of carbonyl (C=O) groups excluding carboxylic acids is 1. The predicted octanol–water partition coefficient (Wildman–Crippen LogP) is 3.06. The molecule has 21 heavy (non-hydrogen) atoms. The van der Waals surface area contributed by atoms with Gasteiger partial charge >= 0.3 is 0 Å². The highest BCUT2D eigenvalue weighted by Gasteiger charge is 2.14. The first-order chi connectivity index (χ1) is 9.99. The number of amides is 1. The summed E-state index contributed by atoms with van der Waals surface area (Å²) in [6.45, 7) is 0.497. The van der Waals surface area contributed by atoms with Gasteiger partial charge in [-0.05, 0) is 29.8 Å². The van der Waals surface area contributed by atoms with Crippen molar-refractivity contribution >= 4 is 39.3 Å². The van der Waals surface area contributed by atoms with E-state index in [1.54, 1.807) is 18.0 Å². The molecule has 0 bridgehead atoms. The van der Waals surface area contributed by atoms with Crippen LogP contribution in [0.5, 0.6) is 0 Å². The largest absolute Gasteiger partial charge is 0.337 e. The second kappa shape index (κ2) is 6.89. The van der Waals surface area contributed by atoms with Crippen LogP contribution in [-0.2, 0) is 6.54 Å². The lowest BCUT2D eigenvalue weighted by atomic mass is 10.2. The third-order valence-electron chi connectivity index (χ3n) is 2.87. The fraction of sp³-hybridized carbons (Fsp3) is 0.143. The Balaban J connectivity index is 2.15. The summed E-state index contributed by atoms with van der Waals surface area (Å²) >= 11 is 9.25. The zero-order chi connectivity index (χ0) is 15.4. The van der Waals surface area contributed by atoms with Crippen molar-refractivity contribution in [3.05, 3.63) is 57.2 Å². The van der Waals surface area contributed by atoms with Crippen molar-refractivity contribution in [2.75, 3.05) is 12.5 Å². The summed E-state index contributed by atoms with van der Waals surface area (Å²) in [5.41, 5.74) is 3.85. The number of hydrazine groups is 1. The maximum absolute atomic E-state index is 12.4. The molecule has 110 valence electrons. The Morgan fingerprint density at radius 3 is 2.67 bits per heavy atom. The highest BCUT2D eigenvalue weighted by molar-refractivity contribution is 9.10. The number of hydrogen-bond donors (Lipinski definition) is 2. The third-order valence-corrected chi connectivity index (χ3v) is 3.59. The number of anilines is 1. The molecule has 0 saturated carbocycles. The standard InChI is InChI=1S/C14H14BrClN4O/c1-20(8-9-2-4-11(15)5-3-9)14(21)10-6-12(16)18-13(7-10)19-17/h2-7H,8,17H2,1H3,(H,18,19). The molecule has 0 spiro atoms. The number of nitrogen functional groups attached to an aromatic ring is 1. The van der Waals surface area contributed by atoms with Crippen molar-refractivity contribution in [3.63, 3.8) is 0 Å². The molecule has 0 radical (unpaired) electrons. The Bertz CT molecular complexity index is 648. The van der Waals surface area contributed by atoms with E-state index in [1.807, 2.05) is 24.3 Å². The molecule has 0 aliphatic heterocycles. The van der Waals surface area contributed by atoms with Crippen LogP contribution in [0.1, 0.15) is 15.9 Å². The van der Waals surface area contributed by atoms with Gasteiger partial charge in [0, 0.05) is 23.6 Å². The predicted molar refractivity (Wildman–Crippen MR) is 87.0 cm³/mol. The van der Waals surface area contributed by atoms with Gasteiger partial charge in [0.1, 0.15) is 11.0 Å². The zero-order valence-electron chi connectivity index (χ0n) is 11.3. The highest BCUT2D eigenvalue weighted by Crippen LogP contribution is 2.17. The van der Waals surface area contributed by atoms with Crippen LogP contribution in [0.3, 0.4) is 0 Å². The first kappa shape index (κ1) is 15.8. The van der Waals surface area contributed by atoms with Crippen molar-refractivity contribution in [1.82, 2.24) is 9.88 Å². The Labute approximate surface area is 136 Å². The first-order valence-electron chi connectivity index (χ1n) is 6.13. The molecular formula is C14H14BrClN4O. The van der Waals surface area contributed by atoms with Gasteiger partial charge in [-0.3, -0.25) is 4.79 Å². The van der Waals surface area contributed by atoms with Gasteiger partial charge in [-0.15, -0.1) is 0 Å². The molecule has 1 aromatic heterocycles. The number of nitrogens with two attached hydrogens (primary N) is 1. The van der Waals surface area contributed by atoms with Crippen LogP contribution in [0.15, 0.2) is 40.9 Å². The maximum atomic E-state index is 12.4. The van der Waals surface area contributed by atoms with Crippen molar-refractivity contribution < 1.29 is 4.79 Å². The van der Waals surface area contributed by atoms with Crippen LogP contribution >= 0.6 is 27.5 Å². The summed E-state index contributed by atoms with van der Waals surface area (Å²) in [6.07, 6.45) is 0. The van der Waals surface area contributed by atoms with Crippen molar-refractivity contribution in [2.45, 2.75) is 6.54 Å². The lowest BCUT2D eigenvalue weighted by molar-refractivity contribution is 0.0785. The number of halogens is 2. The van der Waals surface area contributed by atoms with Crippen LogP contribution in [0.2, 0.25) is 5.15 Å². The Morgan fingerprint density at radius 2 is 2.05 bits per heavy atom. The van der Waals surface area contributed by atoms with Crippen LogP contribution in [-0.4, -0.2) is 22.8 Å². The van der Waals surface area contributed by atoms with E-state index in [0.717, 1.165) is 10.0 Å². The van der Waals surface area contributed by atoms with E-state index in [4.69, 9.17) is 17.4 Å². The van der Waals surface area contributed by atoms with E-state index < -0.39 is 0 Å². The fourth-order valence-corrected chi connectivity index (χ4v) is 2.32. The number of benzene rings is 1. The minimum absolute atomic E-state index is 0.154. The summed E-state index contributed by atoms with van der Waals surface area (Å²) in [6, 6.07) is 10.9. The SMILES string of the molecule is CN(Cc1ccc(Br)cc1)C(=O)c1cc(Cl)nc(NN)c1. The molecule has 0 aliphatic rings. The Kier molecular flexibility index (Phi) is 5.17. The number of nitrogens with one attached hydrogen (secondary N) is 1. The molecule has 0 saturated heterocycles. The van der Waals surface area contributed by atoms with Gasteiger partial charge in [-0.2, -0.15) is 0 Å². The number of carbonyl (C=O) groups is 1. The van der Waals surface area contributed by atoms with Gasteiger partial charge < -0.3 is 10.3 Å². The van der Waals surface area contributed by atoms with E-state index in [1.165, 1.54) is 6.07 Å². The third kappa shape index (κ3) is 4.17. The fourth-order valence-electron chi connectivity index (χ4n) is 1.85. The van der Waals surface area contributed by atoms with Gasteiger partial charge in [0.15, 0.2) is 0 Å². The van der Waals surface area contributed by atoms with Crippen LogP contribution in [0.25, 0.3) is 0 Å². The van der Waals surface area contributed by atoms with Crippen LogP contribution in [0.4, 0.5) is 5.82 Å². The normalized spacial score (nSPS) is 10.3. The summed E-state index contributed by atoms with van der Waals surface area (Å²) in [5, 5.41) is 0.214. The van der Waals surface area contributed by atoms with Gasteiger partial charge in [0.05, 0.1) is 0 Å². The molecule has 1 aromatic carbocycles. The van der Waals surface area contributed by atoms with E-state index in [0.29, 0.717) is 17.9 Å². The second-order valence-corrected chi connectivity index (χ2v) is 5.80. The molecule has 0 fully saturated rings. The van der Waals surface area contributed by atoms with E-state index in [2.05, 4.69) is 26.3 Å². The molecule has 0 atom stereocenters. The number of nitrogens with zero attached hydrogens (tertiary/aromatic N) is 2. The summed E-state index contributed by atoms with van der Waals surface area (Å²) < 4.78 is 1.000. The van der Waals surface area contributed by atoms with E-state index in [9.17, 15) is 4.79 Å². The first-order valence-corrected chi connectivity index (χ1v) is 7.31. The monoisotopic (exact) mass is 368 g/mol. The van der Waals surface area contributed by atoms with Gasteiger partial charge in [0.2, 0.25) is 0 Å². The van der Waals surface area contributed by atoms with Crippen LogP contribution in [0, 0.1) is 0 Å². The molecule has 1 heterocycles.